The number of nitrogens with one attached hydrogen (secondary N) is 1. The molecule has 0 spiro atoms. The highest BCUT2D eigenvalue weighted by molar-refractivity contribution is 7.89. The number of amides is 1. The number of rotatable bonds is 5. The number of morpholine rings is 1. The monoisotopic (exact) mass is 410 g/mol. The molecule has 9 heteroatoms. The van der Waals surface area contributed by atoms with Crippen molar-refractivity contribution in [1.29, 1.82) is 0 Å². The van der Waals surface area contributed by atoms with E-state index in [0.717, 1.165) is 12.1 Å². The van der Waals surface area contributed by atoms with Crippen molar-refractivity contribution < 1.29 is 26.7 Å². The number of ether oxygens (including phenoxy) is 1. The molecule has 0 saturated carbocycles. The molecule has 150 valence electrons. The standard InChI is InChI=1S/C19H20F2N2O4S/c1-13(14-5-6-17(20)18(21)12-14)22-19(24)15-3-2-4-16(11-15)28(25,26)23-7-9-27-10-8-23/h2-6,11-13H,7-10H2,1H3,(H,22,24). The van der Waals surface area contributed by atoms with Crippen molar-refractivity contribution in [2.24, 2.45) is 0 Å². The normalized spacial score (nSPS) is 16.5. The van der Waals surface area contributed by atoms with Gasteiger partial charge in [-0.05, 0) is 42.8 Å². The van der Waals surface area contributed by atoms with Crippen LogP contribution in [0.2, 0.25) is 0 Å². The van der Waals surface area contributed by atoms with Gasteiger partial charge in [-0.15, -0.1) is 0 Å². The first-order valence-electron chi connectivity index (χ1n) is 8.73. The zero-order chi connectivity index (χ0) is 20.3. The maximum Gasteiger partial charge on any atom is 0.251 e. The van der Waals surface area contributed by atoms with E-state index in [1.54, 1.807) is 6.92 Å². The molecule has 0 aliphatic carbocycles. The van der Waals surface area contributed by atoms with Crippen molar-refractivity contribution in [3.05, 3.63) is 65.2 Å². The van der Waals surface area contributed by atoms with Crippen molar-refractivity contribution in [2.45, 2.75) is 17.9 Å². The Morgan fingerprint density at radius 1 is 1.11 bits per heavy atom. The van der Waals surface area contributed by atoms with Crippen LogP contribution < -0.4 is 5.32 Å². The van der Waals surface area contributed by atoms with Crippen molar-refractivity contribution in [3.63, 3.8) is 0 Å². The minimum atomic E-state index is -3.73. The maximum absolute atomic E-state index is 13.4. The van der Waals surface area contributed by atoms with Gasteiger partial charge in [0.25, 0.3) is 5.91 Å². The van der Waals surface area contributed by atoms with E-state index in [-0.39, 0.29) is 23.5 Å². The van der Waals surface area contributed by atoms with E-state index >= 15 is 0 Å². The molecule has 1 fully saturated rings. The number of nitrogens with zero attached hydrogens (tertiary/aromatic N) is 1. The third-order valence-corrected chi connectivity index (χ3v) is 6.39. The summed E-state index contributed by atoms with van der Waals surface area (Å²) in [6.07, 6.45) is 0. The van der Waals surface area contributed by atoms with E-state index in [2.05, 4.69) is 5.32 Å². The predicted molar refractivity (Wildman–Crippen MR) is 98.3 cm³/mol. The average Bonchev–Trinajstić information content (AvgIpc) is 2.70. The Morgan fingerprint density at radius 2 is 1.82 bits per heavy atom. The number of hydrogen-bond acceptors (Lipinski definition) is 4. The predicted octanol–water partition coefficient (Wildman–Crippen LogP) is 2.48. The van der Waals surface area contributed by atoms with E-state index in [9.17, 15) is 22.0 Å². The van der Waals surface area contributed by atoms with Crippen LogP contribution in [-0.4, -0.2) is 44.9 Å². The lowest BCUT2D eigenvalue weighted by Gasteiger charge is -2.26. The van der Waals surface area contributed by atoms with Crippen LogP contribution in [-0.2, 0) is 14.8 Å². The molecule has 1 unspecified atom stereocenters. The van der Waals surface area contributed by atoms with Crippen molar-refractivity contribution in [2.75, 3.05) is 26.3 Å². The van der Waals surface area contributed by atoms with Gasteiger partial charge in [-0.3, -0.25) is 4.79 Å². The van der Waals surface area contributed by atoms with Crippen LogP contribution in [0.5, 0.6) is 0 Å². The zero-order valence-corrected chi connectivity index (χ0v) is 16.0. The van der Waals surface area contributed by atoms with Gasteiger partial charge < -0.3 is 10.1 Å². The van der Waals surface area contributed by atoms with Gasteiger partial charge in [0, 0.05) is 18.7 Å². The second-order valence-corrected chi connectivity index (χ2v) is 8.35. The van der Waals surface area contributed by atoms with Crippen LogP contribution in [0.25, 0.3) is 0 Å². The third-order valence-electron chi connectivity index (χ3n) is 4.50. The van der Waals surface area contributed by atoms with Crippen LogP contribution in [0, 0.1) is 11.6 Å². The Kier molecular flexibility index (Phi) is 6.07. The molecular weight excluding hydrogens is 390 g/mol. The molecule has 6 nitrogen and oxygen atoms in total. The van der Waals surface area contributed by atoms with Gasteiger partial charge >= 0.3 is 0 Å². The summed E-state index contributed by atoms with van der Waals surface area (Å²) in [4.78, 5) is 12.5. The topological polar surface area (TPSA) is 75.7 Å². The molecule has 0 aromatic heterocycles. The van der Waals surface area contributed by atoms with Crippen molar-refractivity contribution >= 4 is 15.9 Å². The lowest BCUT2D eigenvalue weighted by molar-refractivity contribution is 0.0730. The van der Waals surface area contributed by atoms with Crippen LogP contribution in [0.15, 0.2) is 47.4 Å². The SMILES string of the molecule is CC(NC(=O)c1cccc(S(=O)(=O)N2CCOCC2)c1)c1ccc(F)c(F)c1. The molecule has 1 aliphatic heterocycles. The Balaban J connectivity index is 1.77. The second-order valence-electron chi connectivity index (χ2n) is 6.41. The smallest absolute Gasteiger partial charge is 0.251 e. The Morgan fingerprint density at radius 3 is 2.50 bits per heavy atom. The van der Waals surface area contributed by atoms with Gasteiger partial charge in [-0.1, -0.05) is 12.1 Å². The molecular formula is C19H20F2N2O4S. The molecule has 0 bridgehead atoms. The summed E-state index contributed by atoms with van der Waals surface area (Å²) in [6, 6.07) is 8.50. The number of carbonyl (C=O) groups excluding carboxylic acids is 1. The van der Waals surface area contributed by atoms with Crippen LogP contribution in [0.3, 0.4) is 0 Å². The van der Waals surface area contributed by atoms with E-state index in [0.29, 0.717) is 18.8 Å². The Hall–Kier alpha value is -2.36. The molecule has 2 aromatic rings. The molecule has 1 N–H and O–H groups in total. The highest BCUT2D eigenvalue weighted by Crippen LogP contribution is 2.20. The summed E-state index contributed by atoms with van der Waals surface area (Å²) < 4.78 is 58.4. The molecule has 1 saturated heterocycles. The highest BCUT2D eigenvalue weighted by atomic mass is 32.2. The van der Waals surface area contributed by atoms with Crippen LogP contribution in [0.1, 0.15) is 28.9 Å². The molecule has 0 radical (unpaired) electrons. The lowest BCUT2D eigenvalue weighted by atomic mass is 10.1. The summed E-state index contributed by atoms with van der Waals surface area (Å²) in [5, 5.41) is 2.66. The summed E-state index contributed by atoms with van der Waals surface area (Å²) in [6.45, 7) is 2.78. The number of benzene rings is 2. The first-order chi connectivity index (χ1) is 13.3. The first-order valence-corrected chi connectivity index (χ1v) is 10.2. The molecule has 1 aliphatic rings. The first kappa shape index (κ1) is 20.4. The fourth-order valence-electron chi connectivity index (χ4n) is 2.88. The molecule has 1 atom stereocenters. The van der Waals surface area contributed by atoms with E-state index in [1.807, 2.05) is 0 Å². The summed E-state index contributed by atoms with van der Waals surface area (Å²) >= 11 is 0. The zero-order valence-electron chi connectivity index (χ0n) is 15.2. The van der Waals surface area contributed by atoms with Crippen LogP contribution >= 0.6 is 0 Å². The van der Waals surface area contributed by atoms with E-state index in [1.165, 1.54) is 34.6 Å². The molecule has 2 aromatic carbocycles. The number of carbonyl (C=O) groups is 1. The number of sulfonamides is 1. The van der Waals surface area contributed by atoms with Gasteiger partial charge in [0.2, 0.25) is 10.0 Å². The lowest BCUT2D eigenvalue weighted by Crippen LogP contribution is -2.40. The van der Waals surface area contributed by atoms with Gasteiger partial charge in [-0.2, -0.15) is 4.31 Å². The number of halogens is 2. The largest absolute Gasteiger partial charge is 0.379 e. The highest BCUT2D eigenvalue weighted by Gasteiger charge is 2.27. The van der Waals surface area contributed by atoms with Crippen molar-refractivity contribution in [1.82, 2.24) is 9.62 Å². The van der Waals surface area contributed by atoms with Crippen LogP contribution in [0.4, 0.5) is 8.78 Å². The minimum Gasteiger partial charge on any atom is -0.379 e. The van der Waals surface area contributed by atoms with Gasteiger partial charge in [0.15, 0.2) is 11.6 Å². The van der Waals surface area contributed by atoms with E-state index < -0.39 is 33.6 Å². The Labute approximate surface area is 162 Å². The molecule has 3 rings (SSSR count). The minimum absolute atomic E-state index is 0.0162. The molecule has 1 heterocycles. The molecule has 1 amide bonds. The van der Waals surface area contributed by atoms with Gasteiger partial charge in [0.1, 0.15) is 0 Å². The second kappa shape index (κ2) is 8.34. The molecule has 28 heavy (non-hydrogen) atoms. The summed E-state index contributed by atoms with van der Waals surface area (Å²) in [7, 11) is -3.73. The fraction of sp³-hybridized carbons (Fsp3) is 0.316. The quantitative estimate of drug-likeness (QED) is 0.822. The van der Waals surface area contributed by atoms with E-state index in [4.69, 9.17) is 4.74 Å². The number of hydrogen-bond donors (Lipinski definition) is 1. The maximum atomic E-state index is 13.4. The fourth-order valence-corrected chi connectivity index (χ4v) is 4.33. The van der Waals surface area contributed by atoms with Gasteiger partial charge in [-0.25, -0.2) is 17.2 Å². The average molecular weight is 410 g/mol. The third kappa shape index (κ3) is 4.37. The van der Waals surface area contributed by atoms with Gasteiger partial charge in [0.05, 0.1) is 24.2 Å². The Bertz CT molecular complexity index is 976. The summed E-state index contributed by atoms with van der Waals surface area (Å²) in [5.41, 5.74) is 0.549. The van der Waals surface area contributed by atoms with Crippen molar-refractivity contribution in [3.8, 4) is 0 Å². The summed E-state index contributed by atoms with van der Waals surface area (Å²) in [5.74, 6) is -2.49.